The number of amides is 1. The van der Waals surface area contributed by atoms with Crippen LogP contribution in [0.25, 0.3) is 11.0 Å². The van der Waals surface area contributed by atoms with Gasteiger partial charge in [0.15, 0.2) is 0 Å². The minimum atomic E-state index is -0.218. The number of aliphatic hydroxyl groups is 1. The number of aromatic nitrogens is 2. The molecule has 2 aromatic carbocycles. The second-order valence-corrected chi connectivity index (χ2v) is 4.73. The topological polar surface area (TPSA) is 78.0 Å². The van der Waals surface area contributed by atoms with Crippen LogP contribution in [-0.2, 0) is 6.42 Å². The molecule has 0 atom stereocenters. The Morgan fingerprint density at radius 1 is 1.14 bits per heavy atom. The number of aromatic amines is 1. The molecular weight excluding hydrogens is 266 g/mol. The van der Waals surface area contributed by atoms with Gasteiger partial charge in [-0.1, -0.05) is 24.3 Å². The van der Waals surface area contributed by atoms with E-state index in [1.165, 1.54) is 0 Å². The van der Waals surface area contributed by atoms with Gasteiger partial charge in [0.05, 0.1) is 11.0 Å². The van der Waals surface area contributed by atoms with E-state index >= 15 is 0 Å². The second-order valence-electron chi connectivity index (χ2n) is 4.73. The molecule has 1 amide bonds. The van der Waals surface area contributed by atoms with Crippen LogP contribution in [-0.4, -0.2) is 27.6 Å². The van der Waals surface area contributed by atoms with Crippen LogP contribution >= 0.6 is 0 Å². The predicted molar refractivity (Wildman–Crippen MR) is 81.3 cm³/mol. The number of carbonyl (C=O) groups is 1. The van der Waals surface area contributed by atoms with E-state index < -0.39 is 0 Å². The highest BCUT2D eigenvalue weighted by Gasteiger charge is 2.09. The SMILES string of the molecule is O=C(Nc1nc2ccccc2[nH]1)c1ccc(CCO)cc1. The zero-order valence-corrected chi connectivity index (χ0v) is 11.3. The summed E-state index contributed by atoms with van der Waals surface area (Å²) in [6.07, 6.45) is 0.589. The van der Waals surface area contributed by atoms with Gasteiger partial charge in [-0.05, 0) is 36.2 Å². The van der Waals surface area contributed by atoms with E-state index in [9.17, 15) is 4.79 Å². The lowest BCUT2D eigenvalue weighted by molar-refractivity contribution is 0.102. The molecule has 3 aromatic rings. The summed E-state index contributed by atoms with van der Waals surface area (Å²) in [5.74, 6) is 0.213. The maximum absolute atomic E-state index is 12.1. The van der Waals surface area contributed by atoms with Crippen LogP contribution in [0.2, 0.25) is 0 Å². The number of hydrogen-bond acceptors (Lipinski definition) is 3. The van der Waals surface area contributed by atoms with Crippen molar-refractivity contribution in [2.75, 3.05) is 11.9 Å². The number of hydrogen-bond donors (Lipinski definition) is 3. The van der Waals surface area contributed by atoms with Crippen molar-refractivity contribution in [1.82, 2.24) is 9.97 Å². The minimum absolute atomic E-state index is 0.102. The average Bonchev–Trinajstić information content (AvgIpc) is 2.90. The fourth-order valence-electron chi connectivity index (χ4n) is 2.14. The number of fused-ring (bicyclic) bond motifs is 1. The highest BCUT2D eigenvalue weighted by atomic mass is 16.2. The van der Waals surface area contributed by atoms with E-state index in [1.54, 1.807) is 12.1 Å². The molecule has 0 fully saturated rings. The van der Waals surface area contributed by atoms with Crippen LogP contribution in [0, 0.1) is 0 Å². The van der Waals surface area contributed by atoms with Crippen molar-refractivity contribution in [1.29, 1.82) is 0 Å². The molecule has 106 valence electrons. The Morgan fingerprint density at radius 3 is 2.62 bits per heavy atom. The average molecular weight is 281 g/mol. The molecule has 0 bridgehead atoms. The number of para-hydroxylation sites is 2. The third-order valence-electron chi connectivity index (χ3n) is 3.24. The molecule has 21 heavy (non-hydrogen) atoms. The molecule has 3 rings (SSSR count). The summed E-state index contributed by atoms with van der Waals surface area (Å²) in [6.45, 7) is 0.102. The number of imidazole rings is 1. The summed E-state index contributed by atoms with van der Waals surface area (Å²) in [4.78, 5) is 19.5. The molecule has 0 aliphatic carbocycles. The van der Waals surface area contributed by atoms with Gasteiger partial charge in [0.1, 0.15) is 0 Å². The molecular formula is C16H15N3O2. The van der Waals surface area contributed by atoms with Crippen molar-refractivity contribution in [3.05, 3.63) is 59.7 Å². The van der Waals surface area contributed by atoms with Crippen molar-refractivity contribution in [3.8, 4) is 0 Å². The van der Waals surface area contributed by atoms with Gasteiger partial charge in [0.2, 0.25) is 5.95 Å². The molecule has 0 spiro atoms. The van der Waals surface area contributed by atoms with E-state index in [4.69, 9.17) is 5.11 Å². The summed E-state index contributed by atoms with van der Waals surface area (Å²) in [5, 5.41) is 11.6. The Balaban J connectivity index is 1.76. The zero-order chi connectivity index (χ0) is 14.7. The first-order valence-electron chi connectivity index (χ1n) is 6.72. The van der Waals surface area contributed by atoms with Gasteiger partial charge in [-0.25, -0.2) is 4.98 Å². The Morgan fingerprint density at radius 2 is 1.90 bits per heavy atom. The predicted octanol–water partition coefficient (Wildman–Crippen LogP) is 2.35. The number of nitrogens with one attached hydrogen (secondary N) is 2. The standard InChI is InChI=1S/C16H15N3O2/c20-10-9-11-5-7-12(8-6-11)15(21)19-16-17-13-3-1-2-4-14(13)18-16/h1-8,20H,9-10H2,(H2,17,18,19,21). The maximum Gasteiger partial charge on any atom is 0.257 e. The van der Waals surface area contributed by atoms with Gasteiger partial charge in [0, 0.05) is 12.2 Å². The van der Waals surface area contributed by atoms with E-state index in [2.05, 4.69) is 15.3 Å². The Labute approximate surface area is 121 Å². The fourth-order valence-corrected chi connectivity index (χ4v) is 2.14. The molecule has 1 heterocycles. The van der Waals surface area contributed by atoms with E-state index in [1.807, 2.05) is 36.4 Å². The largest absolute Gasteiger partial charge is 0.396 e. The summed E-state index contributed by atoms with van der Waals surface area (Å²) in [6, 6.07) is 14.7. The summed E-state index contributed by atoms with van der Waals surface area (Å²) < 4.78 is 0. The first kappa shape index (κ1) is 13.3. The van der Waals surface area contributed by atoms with Gasteiger partial charge in [-0.2, -0.15) is 0 Å². The minimum Gasteiger partial charge on any atom is -0.396 e. The summed E-state index contributed by atoms with van der Waals surface area (Å²) in [5.41, 5.74) is 3.24. The molecule has 5 nitrogen and oxygen atoms in total. The van der Waals surface area contributed by atoms with Crippen molar-refractivity contribution in [3.63, 3.8) is 0 Å². The molecule has 0 unspecified atom stereocenters. The third kappa shape index (κ3) is 2.93. The zero-order valence-electron chi connectivity index (χ0n) is 11.3. The van der Waals surface area contributed by atoms with Gasteiger partial charge < -0.3 is 10.1 Å². The Kier molecular flexibility index (Phi) is 3.66. The van der Waals surface area contributed by atoms with Crippen LogP contribution in [0.1, 0.15) is 15.9 Å². The van der Waals surface area contributed by atoms with Crippen LogP contribution in [0.3, 0.4) is 0 Å². The lowest BCUT2D eigenvalue weighted by Gasteiger charge is -2.03. The van der Waals surface area contributed by atoms with Gasteiger partial charge in [-0.15, -0.1) is 0 Å². The van der Waals surface area contributed by atoms with Crippen LogP contribution in [0.4, 0.5) is 5.95 Å². The molecule has 0 saturated heterocycles. The maximum atomic E-state index is 12.1. The number of carbonyl (C=O) groups excluding carboxylic acids is 1. The van der Waals surface area contributed by atoms with Crippen molar-refractivity contribution < 1.29 is 9.90 Å². The highest BCUT2D eigenvalue weighted by Crippen LogP contribution is 2.14. The van der Waals surface area contributed by atoms with Crippen LogP contribution in [0.15, 0.2) is 48.5 Å². The van der Waals surface area contributed by atoms with Crippen molar-refractivity contribution in [2.45, 2.75) is 6.42 Å². The van der Waals surface area contributed by atoms with Gasteiger partial charge >= 0.3 is 0 Å². The van der Waals surface area contributed by atoms with Gasteiger partial charge in [-0.3, -0.25) is 10.1 Å². The van der Waals surface area contributed by atoms with Crippen LogP contribution in [0.5, 0.6) is 0 Å². The number of aliphatic hydroxyl groups excluding tert-OH is 1. The third-order valence-corrected chi connectivity index (χ3v) is 3.24. The number of anilines is 1. The molecule has 5 heteroatoms. The highest BCUT2D eigenvalue weighted by molar-refractivity contribution is 6.03. The first-order valence-corrected chi connectivity index (χ1v) is 6.72. The molecule has 0 saturated carbocycles. The Bertz CT molecular complexity index is 730. The molecule has 0 aliphatic rings. The van der Waals surface area contributed by atoms with E-state index in [-0.39, 0.29) is 12.5 Å². The molecule has 0 radical (unpaired) electrons. The smallest absolute Gasteiger partial charge is 0.257 e. The summed E-state index contributed by atoms with van der Waals surface area (Å²) >= 11 is 0. The molecule has 1 aromatic heterocycles. The van der Waals surface area contributed by atoms with Crippen molar-refractivity contribution in [2.24, 2.45) is 0 Å². The van der Waals surface area contributed by atoms with Gasteiger partial charge in [0.25, 0.3) is 5.91 Å². The summed E-state index contributed by atoms with van der Waals surface area (Å²) in [7, 11) is 0. The lowest BCUT2D eigenvalue weighted by Crippen LogP contribution is -2.12. The van der Waals surface area contributed by atoms with Crippen molar-refractivity contribution >= 4 is 22.9 Å². The quantitative estimate of drug-likeness (QED) is 0.687. The molecule has 3 N–H and O–H groups in total. The number of rotatable bonds is 4. The molecule has 0 aliphatic heterocycles. The number of nitrogens with zero attached hydrogens (tertiary/aromatic N) is 1. The first-order chi connectivity index (χ1) is 10.3. The monoisotopic (exact) mass is 281 g/mol. The van der Waals surface area contributed by atoms with E-state index in [0.717, 1.165) is 16.6 Å². The van der Waals surface area contributed by atoms with E-state index in [0.29, 0.717) is 17.9 Å². The fraction of sp³-hybridized carbons (Fsp3) is 0.125. The Hall–Kier alpha value is -2.66. The number of H-pyrrole nitrogens is 1. The second kappa shape index (κ2) is 5.76. The lowest BCUT2D eigenvalue weighted by atomic mass is 10.1. The normalized spacial score (nSPS) is 10.7. The number of benzene rings is 2. The van der Waals surface area contributed by atoms with Crippen LogP contribution < -0.4 is 5.32 Å².